The highest BCUT2D eigenvalue weighted by Gasteiger charge is 2.22. The molecule has 1 atom stereocenters. The van der Waals surface area contributed by atoms with Gasteiger partial charge in [-0.05, 0) is 39.8 Å². The summed E-state index contributed by atoms with van der Waals surface area (Å²) < 4.78 is 5.03. The Balaban J connectivity index is 1.87. The molecule has 0 aliphatic heterocycles. The first-order valence-electron chi connectivity index (χ1n) is 8.85. The molecule has 0 saturated heterocycles. The van der Waals surface area contributed by atoms with Crippen LogP contribution in [0.15, 0.2) is 29.1 Å². The van der Waals surface area contributed by atoms with Crippen LogP contribution in [0.1, 0.15) is 39.9 Å². The number of amides is 3. The summed E-state index contributed by atoms with van der Waals surface area (Å²) >= 11 is 0. The molecule has 1 aromatic heterocycles. The number of aromatic amines is 1. The number of aryl methyl sites for hydroxylation is 1. The predicted octanol–water partition coefficient (Wildman–Crippen LogP) is 1.41. The third kappa shape index (κ3) is 6.19. The minimum Gasteiger partial charge on any atom is -0.453 e. The quantitative estimate of drug-likeness (QED) is 0.664. The number of nitrogens with one attached hydrogen (secondary N) is 3. The third-order valence-corrected chi connectivity index (χ3v) is 3.63. The van der Waals surface area contributed by atoms with Crippen LogP contribution >= 0.6 is 0 Å². The number of benzene rings is 1. The van der Waals surface area contributed by atoms with Crippen LogP contribution in [0.2, 0.25) is 0 Å². The number of fused-ring (bicyclic) bond motifs is 1. The Bertz CT molecular complexity index is 945. The molecule has 1 aromatic carbocycles. The van der Waals surface area contributed by atoms with Crippen LogP contribution in [-0.2, 0) is 20.7 Å². The van der Waals surface area contributed by atoms with E-state index < -0.39 is 29.6 Å². The molecule has 9 nitrogen and oxygen atoms in total. The first kappa shape index (κ1) is 21.1. The second kappa shape index (κ2) is 8.64. The zero-order chi connectivity index (χ0) is 20.9. The van der Waals surface area contributed by atoms with Gasteiger partial charge in [-0.15, -0.1) is 0 Å². The number of imide groups is 1. The maximum absolute atomic E-state index is 12.0. The highest BCUT2D eigenvalue weighted by Crippen LogP contribution is 2.07. The fourth-order valence-corrected chi connectivity index (χ4v) is 2.37. The number of aromatic nitrogens is 2. The summed E-state index contributed by atoms with van der Waals surface area (Å²) in [6.07, 6.45) is -1.06. The van der Waals surface area contributed by atoms with E-state index in [0.29, 0.717) is 16.7 Å². The monoisotopic (exact) mass is 388 g/mol. The van der Waals surface area contributed by atoms with E-state index in [4.69, 9.17) is 4.74 Å². The molecule has 150 valence electrons. The first-order chi connectivity index (χ1) is 13.0. The number of para-hydroxylation sites is 1. The number of nitrogens with zero attached hydrogens (tertiary/aromatic N) is 1. The zero-order valence-corrected chi connectivity index (χ0v) is 16.3. The summed E-state index contributed by atoms with van der Waals surface area (Å²) in [4.78, 5) is 54.5. The van der Waals surface area contributed by atoms with Crippen molar-refractivity contribution in [1.29, 1.82) is 0 Å². The largest absolute Gasteiger partial charge is 0.453 e. The molecule has 0 saturated carbocycles. The molecule has 2 aromatic rings. The maximum Gasteiger partial charge on any atom is 0.321 e. The van der Waals surface area contributed by atoms with Crippen molar-refractivity contribution in [1.82, 2.24) is 20.6 Å². The van der Waals surface area contributed by atoms with Crippen LogP contribution in [-0.4, -0.2) is 39.5 Å². The van der Waals surface area contributed by atoms with Crippen LogP contribution in [0.5, 0.6) is 0 Å². The molecular weight excluding hydrogens is 364 g/mol. The van der Waals surface area contributed by atoms with Gasteiger partial charge in [0.1, 0.15) is 5.82 Å². The lowest BCUT2D eigenvalue weighted by Gasteiger charge is -2.21. The van der Waals surface area contributed by atoms with E-state index in [1.807, 2.05) is 0 Å². The molecule has 0 spiro atoms. The van der Waals surface area contributed by atoms with Crippen molar-refractivity contribution < 1.29 is 19.1 Å². The lowest BCUT2D eigenvalue weighted by molar-refractivity contribution is -0.154. The summed E-state index contributed by atoms with van der Waals surface area (Å²) in [6.45, 7) is 6.68. The molecule has 3 N–H and O–H groups in total. The summed E-state index contributed by atoms with van der Waals surface area (Å²) in [6, 6.07) is 6.21. The molecule has 9 heteroatoms. The summed E-state index contributed by atoms with van der Waals surface area (Å²) in [5.41, 5.74) is -0.257. The number of urea groups is 1. The SMILES string of the molecule is C[C@H](OC(=O)CCc1nc2ccccc2c(=O)[nH]1)C(=O)NC(=O)NC(C)(C)C. The van der Waals surface area contributed by atoms with Gasteiger partial charge >= 0.3 is 12.0 Å². The predicted molar refractivity (Wildman–Crippen MR) is 103 cm³/mol. The van der Waals surface area contributed by atoms with Gasteiger partial charge in [-0.3, -0.25) is 19.7 Å². The second-order valence-electron chi connectivity index (χ2n) is 7.36. The second-order valence-corrected chi connectivity index (χ2v) is 7.36. The van der Waals surface area contributed by atoms with Crippen LogP contribution in [0, 0.1) is 0 Å². The number of esters is 1. The van der Waals surface area contributed by atoms with Crippen molar-refractivity contribution in [2.75, 3.05) is 0 Å². The van der Waals surface area contributed by atoms with E-state index in [1.165, 1.54) is 6.92 Å². The molecule has 0 aliphatic carbocycles. The van der Waals surface area contributed by atoms with Crippen LogP contribution in [0.4, 0.5) is 4.79 Å². The Morgan fingerprint density at radius 1 is 1.21 bits per heavy atom. The van der Waals surface area contributed by atoms with Gasteiger partial charge in [0.25, 0.3) is 11.5 Å². The van der Waals surface area contributed by atoms with Gasteiger partial charge in [-0.2, -0.15) is 0 Å². The topological polar surface area (TPSA) is 130 Å². The number of rotatable bonds is 5. The summed E-state index contributed by atoms with van der Waals surface area (Å²) in [7, 11) is 0. The van der Waals surface area contributed by atoms with Crippen LogP contribution in [0.3, 0.4) is 0 Å². The van der Waals surface area contributed by atoms with Gasteiger partial charge in [-0.1, -0.05) is 12.1 Å². The molecule has 0 radical (unpaired) electrons. The van der Waals surface area contributed by atoms with Gasteiger partial charge < -0.3 is 15.0 Å². The molecule has 0 unspecified atom stereocenters. The number of H-pyrrole nitrogens is 1. The van der Waals surface area contributed by atoms with E-state index in [9.17, 15) is 19.2 Å². The van der Waals surface area contributed by atoms with E-state index in [-0.39, 0.29) is 18.4 Å². The van der Waals surface area contributed by atoms with Crippen molar-refractivity contribution in [2.45, 2.75) is 52.2 Å². The highest BCUT2D eigenvalue weighted by molar-refractivity contribution is 5.97. The van der Waals surface area contributed by atoms with E-state index in [2.05, 4.69) is 20.6 Å². The maximum atomic E-state index is 12.0. The fourth-order valence-electron chi connectivity index (χ4n) is 2.37. The van der Waals surface area contributed by atoms with Crippen molar-refractivity contribution in [2.24, 2.45) is 0 Å². The molecule has 2 rings (SSSR count). The van der Waals surface area contributed by atoms with E-state index in [1.54, 1.807) is 45.0 Å². The van der Waals surface area contributed by atoms with Gasteiger partial charge in [0.15, 0.2) is 6.10 Å². The Morgan fingerprint density at radius 2 is 1.89 bits per heavy atom. The lowest BCUT2D eigenvalue weighted by atomic mass is 10.1. The van der Waals surface area contributed by atoms with Gasteiger partial charge in [-0.25, -0.2) is 9.78 Å². The minimum absolute atomic E-state index is 0.0763. The van der Waals surface area contributed by atoms with Crippen molar-refractivity contribution in [3.8, 4) is 0 Å². The molecule has 28 heavy (non-hydrogen) atoms. The van der Waals surface area contributed by atoms with Crippen molar-refractivity contribution >= 4 is 28.8 Å². The molecule has 0 fully saturated rings. The molecular formula is C19H24N4O5. The van der Waals surface area contributed by atoms with Crippen molar-refractivity contribution in [3.63, 3.8) is 0 Å². The molecule has 0 bridgehead atoms. The Kier molecular flexibility index (Phi) is 6.50. The fraction of sp³-hybridized carbons (Fsp3) is 0.421. The van der Waals surface area contributed by atoms with Crippen molar-refractivity contribution in [3.05, 3.63) is 40.4 Å². The first-order valence-corrected chi connectivity index (χ1v) is 8.85. The summed E-state index contributed by atoms with van der Waals surface area (Å²) in [5.74, 6) is -1.02. The number of carbonyl (C=O) groups is 3. The Hall–Kier alpha value is -3.23. The molecule has 1 heterocycles. The van der Waals surface area contributed by atoms with Gasteiger partial charge in [0, 0.05) is 12.0 Å². The minimum atomic E-state index is -1.14. The van der Waals surface area contributed by atoms with Gasteiger partial charge in [0.05, 0.1) is 17.3 Å². The summed E-state index contributed by atoms with van der Waals surface area (Å²) in [5, 5.41) is 5.15. The standard InChI is InChI=1S/C19H24N4O5/c1-11(16(25)22-18(27)23-19(2,3)4)28-15(24)10-9-14-20-13-8-6-5-7-12(13)17(26)21-14/h5-8,11H,9-10H2,1-4H3,(H,20,21,26)(H2,22,23,25,27)/t11-/m0/s1. The van der Waals surface area contributed by atoms with Crippen LogP contribution < -0.4 is 16.2 Å². The Morgan fingerprint density at radius 3 is 2.57 bits per heavy atom. The molecule has 3 amide bonds. The van der Waals surface area contributed by atoms with Gasteiger partial charge in [0.2, 0.25) is 0 Å². The van der Waals surface area contributed by atoms with E-state index in [0.717, 1.165) is 0 Å². The smallest absolute Gasteiger partial charge is 0.321 e. The van der Waals surface area contributed by atoms with Crippen LogP contribution in [0.25, 0.3) is 10.9 Å². The number of ether oxygens (including phenoxy) is 1. The third-order valence-electron chi connectivity index (χ3n) is 3.63. The Labute approximate surface area is 161 Å². The van der Waals surface area contributed by atoms with E-state index >= 15 is 0 Å². The average molecular weight is 388 g/mol. The zero-order valence-electron chi connectivity index (χ0n) is 16.3. The number of hydrogen-bond acceptors (Lipinski definition) is 6. The number of hydrogen-bond donors (Lipinski definition) is 3. The lowest BCUT2D eigenvalue weighted by Crippen LogP contribution is -2.50. The molecule has 0 aliphatic rings. The average Bonchev–Trinajstić information content (AvgIpc) is 2.58. The highest BCUT2D eigenvalue weighted by atomic mass is 16.5. The number of carbonyl (C=O) groups excluding carboxylic acids is 3. The normalized spacial score (nSPS) is 12.3.